The fraction of sp³-hybridized carbons (Fsp3) is 0. The van der Waals surface area contributed by atoms with Crippen LogP contribution in [0.15, 0.2) is 72.8 Å². The van der Waals surface area contributed by atoms with Crippen LogP contribution in [-0.4, -0.2) is 16.7 Å². The monoisotopic (exact) mass is 394 g/mol. The number of anilines is 2. The van der Waals surface area contributed by atoms with Crippen molar-refractivity contribution in [1.82, 2.24) is 10.9 Å². The van der Waals surface area contributed by atoms with Crippen molar-refractivity contribution in [3.05, 3.63) is 99.9 Å². The van der Waals surface area contributed by atoms with E-state index in [1.807, 2.05) is 6.07 Å². The van der Waals surface area contributed by atoms with Crippen LogP contribution in [0.25, 0.3) is 0 Å². The van der Waals surface area contributed by atoms with Crippen molar-refractivity contribution in [1.29, 1.82) is 0 Å². The van der Waals surface area contributed by atoms with Crippen molar-refractivity contribution in [3.8, 4) is 0 Å². The van der Waals surface area contributed by atoms with Crippen LogP contribution < -0.4 is 16.2 Å². The molecule has 29 heavy (non-hydrogen) atoms. The molecular weight excluding hydrogens is 379 g/mol. The fourth-order valence-electron chi connectivity index (χ4n) is 2.51. The van der Waals surface area contributed by atoms with Crippen LogP contribution in [0.4, 0.5) is 21.5 Å². The number of carbonyl (C=O) groups excluding carboxylic acids is 2. The van der Waals surface area contributed by atoms with Crippen LogP contribution in [0.3, 0.4) is 0 Å². The molecule has 3 rings (SSSR count). The van der Waals surface area contributed by atoms with Gasteiger partial charge in [-0.3, -0.25) is 30.6 Å². The Bertz CT molecular complexity index is 1070. The number of hydrogen-bond donors (Lipinski definition) is 3. The number of halogens is 1. The Balaban J connectivity index is 1.74. The molecule has 0 unspecified atom stereocenters. The van der Waals surface area contributed by atoms with E-state index in [1.54, 1.807) is 24.3 Å². The van der Waals surface area contributed by atoms with Crippen molar-refractivity contribution < 1.29 is 18.9 Å². The van der Waals surface area contributed by atoms with E-state index in [1.165, 1.54) is 30.3 Å². The number of nitrogens with zero attached hydrogens (tertiary/aromatic N) is 1. The number of rotatable bonds is 5. The lowest BCUT2D eigenvalue weighted by Gasteiger charge is -2.10. The van der Waals surface area contributed by atoms with Gasteiger partial charge in [0.25, 0.3) is 17.5 Å². The number of carbonyl (C=O) groups is 2. The summed E-state index contributed by atoms with van der Waals surface area (Å²) in [4.78, 5) is 35.0. The zero-order valence-electron chi connectivity index (χ0n) is 14.9. The molecule has 146 valence electrons. The molecule has 9 heteroatoms. The smallest absolute Gasteiger partial charge is 0.293 e. The molecule has 0 bridgehead atoms. The van der Waals surface area contributed by atoms with Gasteiger partial charge in [-0.2, -0.15) is 0 Å². The molecule has 0 saturated heterocycles. The summed E-state index contributed by atoms with van der Waals surface area (Å²) in [5.41, 5.74) is 4.42. The first kappa shape index (κ1) is 19.5. The van der Waals surface area contributed by atoms with Crippen LogP contribution in [0.1, 0.15) is 20.7 Å². The van der Waals surface area contributed by atoms with Crippen LogP contribution in [0, 0.1) is 15.9 Å². The summed E-state index contributed by atoms with van der Waals surface area (Å²) in [6, 6.07) is 17.9. The average molecular weight is 394 g/mol. The second-order valence-corrected chi connectivity index (χ2v) is 5.87. The van der Waals surface area contributed by atoms with Gasteiger partial charge < -0.3 is 5.32 Å². The third kappa shape index (κ3) is 4.72. The number of nitro groups is 1. The van der Waals surface area contributed by atoms with E-state index < -0.39 is 22.6 Å². The van der Waals surface area contributed by atoms with Crippen molar-refractivity contribution in [3.63, 3.8) is 0 Å². The average Bonchev–Trinajstić information content (AvgIpc) is 2.73. The lowest BCUT2D eigenvalue weighted by molar-refractivity contribution is -0.383. The van der Waals surface area contributed by atoms with E-state index in [4.69, 9.17) is 0 Å². The van der Waals surface area contributed by atoms with E-state index in [0.29, 0.717) is 5.69 Å². The van der Waals surface area contributed by atoms with Crippen LogP contribution in [0.5, 0.6) is 0 Å². The molecule has 3 aromatic carbocycles. The van der Waals surface area contributed by atoms with E-state index in [0.717, 1.165) is 12.1 Å². The SMILES string of the molecule is O=C(NNC(=O)c1ccccc1F)c1ccc(Nc2ccccc2)c([N+](=O)[O-])c1. The largest absolute Gasteiger partial charge is 0.350 e. The first-order valence-electron chi connectivity index (χ1n) is 8.41. The number of benzene rings is 3. The van der Waals surface area contributed by atoms with Gasteiger partial charge in [-0.25, -0.2) is 4.39 Å². The number of para-hydroxylation sites is 1. The van der Waals surface area contributed by atoms with E-state index in [9.17, 15) is 24.1 Å². The van der Waals surface area contributed by atoms with Gasteiger partial charge in [0, 0.05) is 17.3 Å². The van der Waals surface area contributed by atoms with Gasteiger partial charge in [0.2, 0.25) is 0 Å². The molecule has 0 aliphatic heterocycles. The Morgan fingerprint density at radius 3 is 2.21 bits per heavy atom. The van der Waals surface area contributed by atoms with Crippen LogP contribution >= 0.6 is 0 Å². The second-order valence-electron chi connectivity index (χ2n) is 5.87. The molecule has 8 nitrogen and oxygen atoms in total. The maximum atomic E-state index is 13.6. The van der Waals surface area contributed by atoms with Gasteiger partial charge in [0.15, 0.2) is 0 Å². The Kier molecular flexibility index (Phi) is 5.79. The third-order valence-electron chi connectivity index (χ3n) is 3.92. The first-order chi connectivity index (χ1) is 14.0. The molecule has 3 aromatic rings. The quantitative estimate of drug-likeness (QED) is 0.452. The van der Waals surface area contributed by atoms with Crippen molar-refractivity contribution >= 4 is 28.9 Å². The Morgan fingerprint density at radius 1 is 0.862 bits per heavy atom. The van der Waals surface area contributed by atoms with E-state index in [-0.39, 0.29) is 22.5 Å². The highest BCUT2D eigenvalue weighted by Gasteiger charge is 2.19. The third-order valence-corrected chi connectivity index (χ3v) is 3.92. The Labute approximate surface area is 164 Å². The standard InChI is InChI=1S/C20H15FN4O4/c21-16-9-5-4-8-15(16)20(27)24-23-19(26)13-10-11-17(18(12-13)25(28)29)22-14-6-2-1-3-7-14/h1-12,22H,(H,23,26)(H,24,27). The summed E-state index contributed by atoms with van der Waals surface area (Å²) < 4.78 is 13.6. The normalized spacial score (nSPS) is 10.1. The predicted molar refractivity (Wildman–Crippen MR) is 104 cm³/mol. The Hall–Kier alpha value is -4.27. The molecular formula is C20H15FN4O4. The summed E-state index contributed by atoms with van der Waals surface area (Å²) in [6.45, 7) is 0. The molecule has 0 atom stereocenters. The summed E-state index contributed by atoms with van der Waals surface area (Å²) >= 11 is 0. The van der Waals surface area contributed by atoms with Crippen molar-refractivity contribution in [2.45, 2.75) is 0 Å². The fourth-order valence-corrected chi connectivity index (χ4v) is 2.51. The van der Waals surface area contributed by atoms with Gasteiger partial charge >= 0.3 is 0 Å². The maximum Gasteiger partial charge on any atom is 0.293 e. The minimum absolute atomic E-state index is 0.0517. The summed E-state index contributed by atoms with van der Waals surface area (Å²) in [7, 11) is 0. The topological polar surface area (TPSA) is 113 Å². The Morgan fingerprint density at radius 2 is 1.52 bits per heavy atom. The highest BCUT2D eigenvalue weighted by atomic mass is 19.1. The molecule has 0 spiro atoms. The molecule has 0 radical (unpaired) electrons. The number of amides is 2. The van der Waals surface area contributed by atoms with Crippen LogP contribution in [-0.2, 0) is 0 Å². The minimum atomic E-state index is -0.853. The molecule has 0 aromatic heterocycles. The highest BCUT2D eigenvalue weighted by molar-refractivity contribution is 6.00. The molecule has 0 aliphatic carbocycles. The zero-order valence-corrected chi connectivity index (χ0v) is 14.9. The number of hydrazine groups is 1. The van der Waals surface area contributed by atoms with Gasteiger partial charge in [0.05, 0.1) is 10.5 Å². The number of nitrogens with one attached hydrogen (secondary N) is 3. The van der Waals surface area contributed by atoms with Crippen molar-refractivity contribution in [2.75, 3.05) is 5.32 Å². The lowest BCUT2D eigenvalue weighted by atomic mass is 10.1. The minimum Gasteiger partial charge on any atom is -0.350 e. The molecule has 0 heterocycles. The maximum absolute atomic E-state index is 13.6. The molecule has 0 fully saturated rings. The second kappa shape index (κ2) is 8.61. The summed E-state index contributed by atoms with van der Waals surface area (Å²) in [5, 5.41) is 14.3. The molecule has 3 N–H and O–H groups in total. The number of hydrogen-bond acceptors (Lipinski definition) is 5. The van der Waals surface area contributed by atoms with E-state index in [2.05, 4.69) is 16.2 Å². The van der Waals surface area contributed by atoms with Crippen LogP contribution in [0.2, 0.25) is 0 Å². The summed E-state index contributed by atoms with van der Waals surface area (Å²) in [6.07, 6.45) is 0. The van der Waals surface area contributed by atoms with E-state index >= 15 is 0 Å². The summed E-state index contributed by atoms with van der Waals surface area (Å²) in [5.74, 6) is -2.39. The number of nitro benzene ring substituents is 1. The van der Waals surface area contributed by atoms with Gasteiger partial charge in [-0.1, -0.05) is 30.3 Å². The molecule has 0 saturated carbocycles. The van der Waals surface area contributed by atoms with Crippen molar-refractivity contribution in [2.24, 2.45) is 0 Å². The predicted octanol–water partition coefficient (Wildman–Crippen LogP) is 3.55. The van der Waals surface area contributed by atoms with Gasteiger partial charge in [-0.05, 0) is 36.4 Å². The van der Waals surface area contributed by atoms with Gasteiger partial charge in [0.1, 0.15) is 11.5 Å². The highest BCUT2D eigenvalue weighted by Crippen LogP contribution is 2.28. The molecule has 0 aliphatic rings. The van der Waals surface area contributed by atoms with Gasteiger partial charge in [-0.15, -0.1) is 0 Å². The molecule has 2 amide bonds. The lowest BCUT2D eigenvalue weighted by Crippen LogP contribution is -2.41. The first-order valence-corrected chi connectivity index (χ1v) is 8.41. The zero-order chi connectivity index (χ0) is 20.8.